The van der Waals surface area contributed by atoms with E-state index in [0.29, 0.717) is 17.9 Å². The van der Waals surface area contributed by atoms with Gasteiger partial charge in [0.05, 0.1) is 11.6 Å². The number of carbonyl (C=O) groups is 1. The highest BCUT2D eigenvalue weighted by atomic mass is 16.3. The Balaban J connectivity index is 1.63. The van der Waals surface area contributed by atoms with Gasteiger partial charge in [0.1, 0.15) is 5.58 Å². The number of carbonyl (C=O) groups excluding carboxylic acids is 1. The second-order valence-corrected chi connectivity index (χ2v) is 6.21. The van der Waals surface area contributed by atoms with Gasteiger partial charge in [0.2, 0.25) is 0 Å². The molecular weight excluding hydrogens is 324 g/mol. The van der Waals surface area contributed by atoms with Crippen molar-refractivity contribution in [3.05, 3.63) is 83.1 Å². The van der Waals surface area contributed by atoms with E-state index in [9.17, 15) is 4.79 Å². The monoisotopic (exact) mass is 340 g/mol. The highest BCUT2D eigenvalue weighted by molar-refractivity contribution is 6.08. The number of hydrogen-bond donors (Lipinski definition) is 1. The molecule has 1 N–H and O–H groups in total. The quantitative estimate of drug-likeness (QED) is 0.588. The third kappa shape index (κ3) is 2.70. The molecule has 1 heterocycles. The van der Waals surface area contributed by atoms with Crippen molar-refractivity contribution in [1.29, 1.82) is 5.26 Å². The number of benzene rings is 3. The molecule has 0 saturated heterocycles. The molecule has 1 aromatic heterocycles. The minimum atomic E-state index is -0.243. The number of nitrogens with one attached hydrogen (secondary N) is 1. The topological polar surface area (TPSA) is 66.0 Å². The van der Waals surface area contributed by atoms with Gasteiger partial charge in [0, 0.05) is 22.9 Å². The molecule has 26 heavy (non-hydrogen) atoms. The van der Waals surface area contributed by atoms with E-state index in [1.165, 1.54) is 0 Å². The first-order chi connectivity index (χ1) is 12.7. The van der Waals surface area contributed by atoms with Crippen molar-refractivity contribution in [2.75, 3.05) is 0 Å². The van der Waals surface area contributed by atoms with Gasteiger partial charge < -0.3 is 9.73 Å². The summed E-state index contributed by atoms with van der Waals surface area (Å²) in [5.74, 6) is 0.0946. The fraction of sp³-hybridized carbons (Fsp3) is 0.0909. The molecule has 0 bridgehead atoms. The number of fused-ring (bicyclic) bond motifs is 3. The average molecular weight is 340 g/mol. The molecule has 0 unspecified atom stereocenters. The van der Waals surface area contributed by atoms with Crippen molar-refractivity contribution < 1.29 is 9.21 Å². The zero-order valence-corrected chi connectivity index (χ0v) is 14.2. The molecule has 0 fully saturated rings. The zero-order chi connectivity index (χ0) is 18.1. The minimum absolute atomic E-state index is 0.243. The summed E-state index contributed by atoms with van der Waals surface area (Å²) in [5.41, 5.74) is 3.10. The standard InChI is InChI=1S/C22H16N2O2/c1-14-18-11-10-17-4-2-3-5-19(17)21(18)26-20(14)22(25)24-13-16-8-6-15(12-23)7-9-16/h2-11H,13H2,1H3,(H,24,25). The lowest BCUT2D eigenvalue weighted by molar-refractivity contribution is 0.0924. The Morgan fingerprint density at radius 1 is 1.04 bits per heavy atom. The van der Waals surface area contributed by atoms with Gasteiger partial charge in [-0.3, -0.25) is 4.79 Å². The van der Waals surface area contributed by atoms with Crippen LogP contribution in [-0.4, -0.2) is 5.91 Å². The molecule has 0 atom stereocenters. The van der Waals surface area contributed by atoms with Crippen molar-refractivity contribution in [2.45, 2.75) is 13.5 Å². The predicted molar refractivity (Wildman–Crippen MR) is 101 cm³/mol. The van der Waals surface area contributed by atoms with E-state index in [1.54, 1.807) is 12.1 Å². The Morgan fingerprint density at radius 3 is 2.58 bits per heavy atom. The van der Waals surface area contributed by atoms with Crippen LogP contribution < -0.4 is 5.32 Å². The van der Waals surface area contributed by atoms with Crippen molar-refractivity contribution in [3.63, 3.8) is 0 Å². The van der Waals surface area contributed by atoms with Crippen LogP contribution in [0.2, 0.25) is 0 Å². The molecule has 0 aliphatic heterocycles. The summed E-state index contributed by atoms with van der Waals surface area (Å²) >= 11 is 0. The van der Waals surface area contributed by atoms with Gasteiger partial charge in [-0.1, -0.05) is 48.5 Å². The maximum Gasteiger partial charge on any atom is 0.287 e. The van der Waals surface area contributed by atoms with Crippen molar-refractivity contribution in [3.8, 4) is 6.07 Å². The number of nitriles is 1. The van der Waals surface area contributed by atoms with Crippen molar-refractivity contribution in [1.82, 2.24) is 5.32 Å². The van der Waals surface area contributed by atoms with Gasteiger partial charge >= 0.3 is 0 Å². The van der Waals surface area contributed by atoms with Gasteiger partial charge in [-0.25, -0.2) is 0 Å². The summed E-state index contributed by atoms with van der Waals surface area (Å²) < 4.78 is 5.94. The Hall–Kier alpha value is -3.58. The maximum absolute atomic E-state index is 12.6. The second-order valence-electron chi connectivity index (χ2n) is 6.21. The van der Waals surface area contributed by atoms with E-state index < -0.39 is 0 Å². The van der Waals surface area contributed by atoms with E-state index in [1.807, 2.05) is 55.5 Å². The summed E-state index contributed by atoms with van der Waals surface area (Å²) in [6.07, 6.45) is 0. The van der Waals surface area contributed by atoms with Crippen LogP contribution >= 0.6 is 0 Å². The summed E-state index contributed by atoms with van der Waals surface area (Å²) in [5, 5.41) is 14.8. The summed E-state index contributed by atoms with van der Waals surface area (Å²) in [6.45, 7) is 2.28. The van der Waals surface area contributed by atoms with E-state index in [4.69, 9.17) is 9.68 Å². The zero-order valence-electron chi connectivity index (χ0n) is 14.2. The largest absolute Gasteiger partial charge is 0.450 e. The first-order valence-corrected chi connectivity index (χ1v) is 8.35. The number of rotatable bonds is 3. The van der Waals surface area contributed by atoms with Crippen LogP contribution in [0.1, 0.15) is 27.2 Å². The molecule has 126 valence electrons. The molecule has 4 rings (SSSR count). The Bertz CT molecular complexity index is 1160. The third-order valence-corrected chi connectivity index (χ3v) is 4.57. The van der Waals surface area contributed by atoms with Crippen LogP contribution in [-0.2, 0) is 6.54 Å². The number of aryl methyl sites for hydroxylation is 1. The predicted octanol–water partition coefficient (Wildman–Crippen LogP) is 4.70. The van der Waals surface area contributed by atoms with Gasteiger partial charge in [0.25, 0.3) is 5.91 Å². The Labute approximate surface area is 150 Å². The normalized spacial score (nSPS) is 10.8. The number of hydrogen-bond acceptors (Lipinski definition) is 3. The summed E-state index contributed by atoms with van der Waals surface area (Å²) in [6, 6.07) is 21.2. The van der Waals surface area contributed by atoms with Crippen LogP contribution in [0.15, 0.2) is 65.1 Å². The molecule has 0 radical (unpaired) electrons. The van der Waals surface area contributed by atoms with Gasteiger partial charge in [-0.05, 0) is 30.0 Å². The summed E-state index contributed by atoms with van der Waals surface area (Å²) in [7, 11) is 0. The first kappa shape index (κ1) is 15.9. The van der Waals surface area contributed by atoms with E-state index in [0.717, 1.165) is 32.9 Å². The molecule has 0 saturated carbocycles. The maximum atomic E-state index is 12.6. The van der Waals surface area contributed by atoms with Crippen molar-refractivity contribution >= 4 is 27.6 Å². The van der Waals surface area contributed by atoms with Gasteiger partial charge in [-0.15, -0.1) is 0 Å². The van der Waals surface area contributed by atoms with E-state index >= 15 is 0 Å². The lowest BCUT2D eigenvalue weighted by atomic mass is 10.1. The van der Waals surface area contributed by atoms with E-state index in [-0.39, 0.29) is 5.91 Å². The third-order valence-electron chi connectivity index (χ3n) is 4.57. The van der Waals surface area contributed by atoms with Crippen molar-refractivity contribution in [2.24, 2.45) is 0 Å². The van der Waals surface area contributed by atoms with E-state index in [2.05, 4.69) is 11.4 Å². The molecule has 3 aromatic carbocycles. The SMILES string of the molecule is Cc1c(C(=O)NCc2ccc(C#N)cc2)oc2c1ccc1ccccc12. The van der Waals surface area contributed by atoms with Gasteiger partial charge in [-0.2, -0.15) is 5.26 Å². The van der Waals surface area contributed by atoms with Crippen LogP contribution in [0.4, 0.5) is 0 Å². The smallest absolute Gasteiger partial charge is 0.287 e. The number of furan rings is 1. The van der Waals surface area contributed by atoms with Crippen LogP contribution in [0.5, 0.6) is 0 Å². The molecule has 0 aliphatic rings. The Morgan fingerprint density at radius 2 is 1.81 bits per heavy atom. The van der Waals surface area contributed by atoms with Crippen LogP contribution in [0.25, 0.3) is 21.7 Å². The molecule has 4 heteroatoms. The molecule has 0 spiro atoms. The van der Waals surface area contributed by atoms with Crippen LogP contribution in [0.3, 0.4) is 0 Å². The fourth-order valence-corrected chi connectivity index (χ4v) is 3.13. The molecular formula is C22H16N2O2. The lowest BCUT2D eigenvalue weighted by Crippen LogP contribution is -2.22. The average Bonchev–Trinajstić information content (AvgIpc) is 3.04. The van der Waals surface area contributed by atoms with Crippen LogP contribution in [0, 0.1) is 18.3 Å². The molecule has 1 amide bonds. The fourth-order valence-electron chi connectivity index (χ4n) is 3.13. The minimum Gasteiger partial charge on any atom is -0.450 e. The molecule has 4 nitrogen and oxygen atoms in total. The number of nitrogens with zero attached hydrogens (tertiary/aromatic N) is 1. The lowest BCUT2D eigenvalue weighted by Gasteiger charge is -2.04. The highest BCUT2D eigenvalue weighted by Gasteiger charge is 2.18. The number of amides is 1. The highest BCUT2D eigenvalue weighted by Crippen LogP contribution is 2.31. The molecule has 4 aromatic rings. The van der Waals surface area contributed by atoms with Gasteiger partial charge in [0.15, 0.2) is 5.76 Å². The summed E-state index contributed by atoms with van der Waals surface area (Å²) in [4.78, 5) is 12.6. The second kappa shape index (κ2) is 6.38. The first-order valence-electron chi connectivity index (χ1n) is 8.35. The Kier molecular flexibility index (Phi) is 3.91. The molecule has 0 aliphatic carbocycles.